The van der Waals surface area contributed by atoms with Gasteiger partial charge < -0.3 is 9.73 Å². The van der Waals surface area contributed by atoms with Crippen LogP contribution in [0.3, 0.4) is 0 Å². The molecular weight excluding hydrogens is 272 g/mol. The number of nitrogens with zero attached hydrogens (tertiary/aromatic N) is 1. The topological polar surface area (TPSA) is 54.6 Å². The molecule has 0 aliphatic heterocycles. The minimum Gasteiger partial charge on any atom is -0.423 e. The van der Waals surface area contributed by atoms with Crippen LogP contribution >= 0.6 is 11.8 Å². The standard InChI is InChI=1S/C15H18N2O2S/c1-4-10-5-6-12-11(9-20-15(16-2)17-3)8-14(18)19-13(12)7-10/h5-8H,4,9H2,1-3H3,(H,16,17). The third-order valence-electron chi connectivity index (χ3n) is 3.08. The van der Waals surface area contributed by atoms with Crippen molar-refractivity contribution in [1.82, 2.24) is 5.32 Å². The van der Waals surface area contributed by atoms with E-state index in [0.717, 1.165) is 28.1 Å². The first-order valence-electron chi connectivity index (χ1n) is 6.51. The van der Waals surface area contributed by atoms with Crippen molar-refractivity contribution in [3.05, 3.63) is 45.8 Å². The number of aryl methyl sites for hydroxylation is 1. The van der Waals surface area contributed by atoms with Gasteiger partial charge in [-0.3, -0.25) is 4.99 Å². The maximum absolute atomic E-state index is 11.7. The smallest absolute Gasteiger partial charge is 0.336 e. The van der Waals surface area contributed by atoms with Crippen molar-refractivity contribution in [3.8, 4) is 0 Å². The number of amidine groups is 1. The largest absolute Gasteiger partial charge is 0.423 e. The van der Waals surface area contributed by atoms with E-state index in [2.05, 4.69) is 23.3 Å². The highest BCUT2D eigenvalue weighted by Gasteiger charge is 2.07. The van der Waals surface area contributed by atoms with Crippen molar-refractivity contribution in [2.45, 2.75) is 19.1 Å². The van der Waals surface area contributed by atoms with Gasteiger partial charge in [0.2, 0.25) is 0 Å². The number of fused-ring (bicyclic) bond motifs is 1. The molecule has 0 radical (unpaired) electrons. The van der Waals surface area contributed by atoms with Crippen molar-refractivity contribution in [3.63, 3.8) is 0 Å². The minimum absolute atomic E-state index is 0.305. The lowest BCUT2D eigenvalue weighted by Gasteiger charge is -2.07. The van der Waals surface area contributed by atoms with Gasteiger partial charge in [0.15, 0.2) is 5.17 Å². The monoisotopic (exact) mass is 290 g/mol. The Kier molecular flexibility index (Phi) is 4.84. The number of nitrogens with one attached hydrogen (secondary N) is 1. The summed E-state index contributed by atoms with van der Waals surface area (Å²) in [6, 6.07) is 7.60. The third-order valence-corrected chi connectivity index (χ3v) is 4.20. The quantitative estimate of drug-likeness (QED) is 0.536. The molecule has 0 saturated carbocycles. The number of hydrogen-bond donors (Lipinski definition) is 1. The van der Waals surface area contributed by atoms with Crippen LogP contribution in [0.2, 0.25) is 0 Å². The number of benzene rings is 1. The molecule has 2 rings (SSSR count). The number of hydrogen-bond acceptors (Lipinski definition) is 4. The lowest BCUT2D eigenvalue weighted by molar-refractivity contribution is 0.559. The first-order valence-corrected chi connectivity index (χ1v) is 7.49. The Morgan fingerprint density at radius 3 is 2.85 bits per heavy atom. The summed E-state index contributed by atoms with van der Waals surface area (Å²) in [6.07, 6.45) is 0.922. The summed E-state index contributed by atoms with van der Waals surface area (Å²) in [5.74, 6) is 0.682. The molecule has 5 heteroatoms. The molecule has 0 unspecified atom stereocenters. The van der Waals surface area contributed by atoms with Gasteiger partial charge >= 0.3 is 5.63 Å². The van der Waals surface area contributed by atoms with E-state index in [4.69, 9.17) is 4.42 Å². The molecule has 20 heavy (non-hydrogen) atoms. The zero-order valence-corrected chi connectivity index (χ0v) is 12.7. The molecule has 0 saturated heterocycles. The summed E-state index contributed by atoms with van der Waals surface area (Å²) in [5.41, 5.74) is 2.49. The molecule has 0 aliphatic carbocycles. The second-order valence-electron chi connectivity index (χ2n) is 4.34. The molecule has 0 atom stereocenters. The molecule has 4 nitrogen and oxygen atoms in total. The Hall–Kier alpha value is -1.75. The predicted octanol–water partition coefficient (Wildman–Crippen LogP) is 2.79. The van der Waals surface area contributed by atoms with Gasteiger partial charge in [-0.25, -0.2) is 4.79 Å². The van der Waals surface area contributed by atoms with Crippen LogP contribution in [0.1, 0.15) is 18.1 Å². The molecule has 1 heterocycles. The van der Waals surface area contributed by atoms with E-state index in [1.54, 1.807) is 24.9 Å². The van der Waals surface area contributed by atoms with Crippen LogP contribution in [0.15, 0.2) is 38.5 Å². The zero-order valence-electron chi connectivity index (χ0n) is 11.9. The summed E-state index contributed by atoms with van der Waals surface area (Å²) < 4.78 is 5.29. The molecule has 2 aromatic rings. The van der Waals surface area contributed by atoms with Crippen LogP contribution in [0, 0.1) is 0 Å². The Labute approximate surface area is 122 Å². The SMILES string of the molecule is CCc1ccc2c(CSC(=NC)NC)cc(=O)oc2c1. The normalized spacial score (nSPS) is 11.8. The van der Waals surface area contributed by atoms with Gasteiger partial charge in [-0.2, -0.15) is 0 Å². The van der Waals surface area contributed by atoms with Gasteiger partial charge in [-0.05, 0) is 23.6 Å². The van der Waals surface area contributed by atoms with Gasteiger partial charge in [0, 0.05) is 31.3 Å². The molecule has 106 valence electrons. The van der Waals surface area contributed by atoms with Crippen LogP contribution in [0.4, 0.5) is 0 Å². The lowest BCUT2D eigenvalue weighted by atomic mass is 10.1. The van der Waals surface area contributed by atoms with Crippen molar-refractivity contribution in [2.75, 3.05) is 14.1 Å². The van der Waals surface area contributed by atoms with Crippen molar-refractivity contribution in [2.24, 2.45) is 4.99 Å². The van der Waals surface area contributed by atoms with Crippen molar-refractivity contribution >= 4 is 27.9 Å². The second-order valence-corrected chi connectivity index (χ2v) is 5.31. The minimum atomic E-state index is -0.305. The predicted molar refractivity (Wildman–Crippen MR) is 85.6 cm³/mol. The zero-order chi connectivity index (χ0) is 14.5. The van der Waals surface area contributed by atoms with E-state index >= 15 is 0 Å². The van der Waals surface area contributed by atoms with Crippen LogP contribution in [0.25, 0.3) is 11.0 Å². The van der Waals surface area contributed by atoms with Gasteiger partial charge in [0.05, 0.1) is 0 Å². The summed E-state index contributed by atoms with van der Waals surface area (Å²) in [4.78, 5) is 15.8. The second kappa shape index (κ2) is 6.61. The van der Waals surface area contributed by atoms with Crippen molar-refractivity contribution < 1.29 is 4.42 Å². The fraction of sp³-hybridized carbons (Fsp3) is 0.333. The highest BCUT2D eigenvalue weighted by atomic mass is 32.2. The molecule has 1 aromatic heterocycles. The molecule has 0 aliphatic rings. The Morgan fingerprint density at radius 2 is 2.20 bits per heavy atom. The lowest BCUT2D eigenvalue weighted by Crippen LogP contribution is -2.14. The highest BCUT2D eigenvalue weighted by Crippen LogP contribution is 2.23. The number of thioether (sulfide) groups is 1. The van der Waals surface area contributed by atoms with Gasteiger partial charge in [0.25, 0.3) is 0 Å². The van der Waals surface area contributed by atoms with Crippen LogP contribution in [-0.4, -0.2) is 19.3 Å². The first kappa shape index (κ1) is 14.7. The van der Waals surface area contributed by atoms with Crippen molar-refractivity contribution in [1.29, 1.82) is 0 Å². The molecule has 0 spiro atoms. The average molecular weight is 290 g/mol. The molecule has 0 bridgehead atoms. The molecule has 0 fully saturated rings. The maximum atomic E-state index is 11.7. The number of aliphatic imine (C=N–C) groups is 1. The van der Waals surface area contributed by atoms with Gasteiger partial charge in [0.1, 0.15) is 5.58 Å². The van der Waals surface area contributed by atoms with Gasteiger partial charge in [-0.1, -0.05) is 30.8 Å². The van der Waals surface area contributed by atoms with E-state index in [1.165, 1.54) is 0 Å². The third kappa shape index (κ3) is 3.22. The van der Waals surface area contributed by atoms with Gasteiger partial charge in [-0.15, -0.1) is 0 Å². The molecular formula is C15H18N2O2S. The average Bonchev–Trinajstić information content (AvgIpc) is 2.47. The first-order chi connectivity index (χ1) is 9.67. The fourth-order valence-electron chi connectivity index (χ4n) is 2.01. The molecule has 1 N–H and O–H groups in total. The maximum Gasteiger partial charge on any atom is 0.336 e. The van der Waals surface area contributed by atoms with E-state index in [9.17, 15) is 4.79 Å². The van der Waals surface area contributed by atoms with Crippen LogP contribution in [0.5, 0.6) is 0 Å². The molecule has 0 amide bonds. The Morgan fingerprint density at radius 1 is 1.40 bits per heavy atom. The summed E-state index contributed by atoms with van der Waals surface area (Å²) in [6.45, 7) is 2.08. The fourth-order valence-corrected chi connectivity index (χ4v) is 2.81. The Bertz CT molecular complexity index is 692. The summed E-state index contributed by atoms with van der Waals surface area (Å²) in [7, 11) is 3.57. The summed E-state index contributed by atoms with van der Waals surface area (Å²) in [5, 5.41) is 4.85. The van der Waals surface area contributed by atoms with Crippen LogP contribution in [-0.2, 0) is 12.2 Å². The van der Waals surface area contributed by atoms with E-state index < -0.39 is 0 Å². The number of rotatable bonds is 3. The van der Waals surface area contributed by atoms with E-state index in [-0.39, 0.29) is 5.63 Å². The summed E-state index contributed by atoms with van der Waals surface area (Å²) >= 11 is 1.57. The Balaban J connectivity index is 2.40. The van der Waals surface area contributed by atoms with E-state index in [0.29, 0.717) is 11.3 Å². The van der Waals surface area contributed by atoms with E-state index in [1.807, 2.05) is 19.2 Å². The molecule has 1 aromatic carbocycles. The van der Waals surface area contributed by atoms with Crippen LogP contribution < -0.4 is 10.9 Å². The highest BCUT2D eigenvalue weighted by molar-refractivity contribution is 8.13.